The molecule has 224 valence electrons. The Kier molecular flexibility index (Phi) is 15.6. The molecule has 1 aromatic rings. The van der Waals surface area contributed by atoms with E-state index in [1.807, 2.05) is 0 Å². The second-order valence-corrected chi connectivity index (χ2v) is 11.5. The Labute approximate surface area is 236 Å². The number of carbonyl (C=O) groups excluding carboxylic acids is 1. The van der Waals surface area contributed by atoms with E-state index < -0.39 is 5.91 Å². The molecular weight excluding hydrogens is 496 g/mol. The lowest BCUT2D eigenvalue weighted by Gasteiger charge is -2.28. The summed E-state index contributed by atoms with van der Waals surface area (Å²) in [4.78, 5) is 14.8. The molecule has 8 nitrogen and oxygen atoms in total. The summed E-state index contributed by atoms with van der Waals surface area (Å²) in [5.41, 5.74) is 6.72. The van der Waals surface area contributed by atoms with Crippen LogP contribution in [-0.4, -0.2) is 75.7 Å². The normalized spacial score (nSPS) is 15.2. The highest BCUT2D eigenvalue weighted by Gasteiger charge is 2.27. The third-order valence-corrected chi connectivity index (χ3v) is 7.58. The molecule has 1 amide bonds. The predicted molar refractivity (Wildman–Crippen MR) is 156 cm³/mol. The zero-order chi connectivity index (χ0) is 28.6. The van der Waals surface area contributed by atoms with E-state index in [-0.39, 0.29) is 11.3 Å². The van der Waals surface area contributed by atoms with E-state index in [4.69, 9.17) is 24.7 Å². The van der Waals surface area contributed by atoms with Crippen LogP contribution in [0.1, 0.15) is 88.6 Å². The summed E-state index contributed by atoms with van der Waals surface area (Å²) < 4.78 is 23.1. The highest BCUT2D eigenvalue weighted by atomic mass is 16.5. The number of phenolic OH excluding ortho intramolecular Hbond substituents is 1. The summed E-state index contributed by atoms with van der Waals surface area (Å²) >= 11 is 0. The minimum absolute atomic E-state index is 0.0630. The molecule has 1 aromatic carbocycles. The van der Waals surface area contributed by atoms with Gasteiger partial charge in [0, 0.05) is 45.0 Å². The van der Waals surface area contributed by atoms with Crippen LogP contribution in [0.15, 0.2) is 6.07 Å². The van der Waals surface area contributed by atoms with E-state index in [9.17, 15) is 9.90 Å². The van der Waals surface area contributed by atoms with Crippen LogP contribution in [0.2, 0.25) is 0 Å². The van der Waals surface area contributed by atoms with Gasteiger partial charge in [-0.15, -0.1) is 0 Å². The lowest BCUT2D eigenvalue weighted by atomic mass is 9.83. The molecule has 8 heteroatoms. The monoisotopic (exact) mass is 550 g/mol. The van der Waals surface area contributed by atoms with Crippen molar-refractivity contribution in [2.45, 2.75) is 79.1 Å². The van der Waals surface area contributed by atoms with Gasteiger partial charge in [-0.2, -0.15) is 0 Å². The van der Waals surface area contributed by atoms with Crippen LogP contribution >= 0.6 is 0 Å². The van der Waals surface area contributed by atoms with Crippen LogP contribution in [0.3, 0.4) is 0 Å². The number of rotatable bonds is 20. The number of ether oxygens (including phenoxy) is 4. The summed E-state index contributed by atoms with van der Waals surface area (Å²) in [6.07, 6.45) is 8.20. The number of hydrogen-bond donors (Lipinski definition) is 2. The van der Waals surface area contributed by atoms with Crippen LogP contribution in [0.4, 0.5) is 0 Å². The molecule has 1 aliphatic rings. The Bertz CT molecular complexity index is 839. The number of primary amides is 1. The molecular formula is C31H54N2O6. The first-order chi connectivity index (χ1) is 18.7. The Morgan fingerprint density at radius 1 is 0.974 bits per heavy atom. The van der Waals surface area contributed by atoms with Gasteiger partial charge in [0.15, 0.2) is 11.5 Å². The van der Waals surface area contributed by atoms with Gasteiger partial charge in [0.2, 0.25) is 0 Å². The number of nitrogens with two attached hydrogens (primary N) is 1. The van der Waals surface area contributed by atoms with Gasteiger partial charge in [-0.3, -0.25) is 9.69 Å². The molecule has 1 fully saturated rings. The molecule has 1 saturated heterocycles. The number of nitrogens with zero attached hydrogens (tertiary/aromatic N) is 1. The van der Waals surface area contributed by atoms with Crippen molar-refractivity contribution in [1.29, 1.82) is 0 Å². The van der Waals surface area contributed by atoms with Crippen molar-refractivity contribution >= 4 is 5.91 Å². The Morgan fingerprint density at radius 2 is 1.64 bits per heavy atom. The number of morpholine rings is 1. The van der Waals surface area contributed by atoms with Crippen molar-refractivity contribution in [1.82, 2.24) is 4.90 Å². The molecule has 0 bridgehead atoms. The van der Waals surface area contributed by atoms with Crippen LogP contribution in [0.25, 0.3) is 0 Å². The first-order valence-corrected chi connectivity index (χ1v) is 15.0. The van der Waals surface area contributed by atoms with Crippen LogP contribution in [0.5, 0.6) is 17.2 Å². The van der Waals surface area contributed by atoms with Crippen LogP contribution in [0, 0.1) is 17.8 Å². The van der Waals surface area contributed by atoms with E-state index >= 15 is 0 Å². The SMILES string of the molecule is COCCCCOc1c(C(N)=O)cc(O)c(OCCN2CCOCC2)c1CC(CCCCCC(C)C)C(C)C. The smallest absolute Gasteiger partial charge is 0.252 e. The van der Waals surface area contributed by atoms with Crippen molar-refractivity contribution in [3.05, 3.63) is 17.2 Å². The van der Waals surface area contributed by atoms with Gasteiger partial charge >= 0.3 is 0 Å². The van der Waals surface area contributed by atoms with Gasteiger partial charge in [0.05, 0.1) is 25.4 Å². The summed E-state index contributed by atoms with van der Waals surface area (Å²) in [6, 6.07) is 1.40. The lowest BCUT2D eigenvalue weighted by molar-refractivity contribution is 0.0320. The van der Waals surface area contributed by atoms with E-state index in [2.05, 4.69) is 32.6 Å². The van der Waals surface area contributed by atoms with Gasteiger partial charge in [-0.25, -0.2) is 0 Å². The maximum atomic E-state index is 12.5. The number of unbranched alkanes of at least 4 members (excludes halogenated alkanes) is 3. The maximum absolute atomic E-state index is 12.5. The Morgan fingerprint density at radius 3 is 2.28 bits per heavy atom. The van der Waals surface area contributed by atoms with Crippen molar-refractivity contribution in [3.8, 4) is 17.2 Å². The standard InChI is InChI=1S/C31H54N2O6/c1-23(2)11-7-6-8-12-25(24(3)4)21-26-29(38-17-10-9-16-36-5)27(31(32)35)22-28(34)30(26)39-20-15-33-13-18-37-19-14-33/h22-25,34H,6-21H2,1-5H3,(H2,32,35). The number of phenols is 1. The Balaban J connectivity index is 2.30. The minimum atomic E-state index is -0.618. The molecule has 3 N–H and O–H groups in total. The van der Waals surface area contributed by atoms with Gasteiger partial charge in [-0.05, 0) is 43.4 Å². The molecule has 0 aromatic heterocycles. The van der Waals surface area contributed by atoms with Crippen molar-refractivity contribution in [2.75, 3.05) is 59.8 Å². The maximum Gasteiger partial charge on any atom is 0.252 e. The van der Waals surface area contributed by atoms with E-state index in [1.165, 1.54) is 25.3 Å². The largest absolute Gasteiger partial charge is 0.504 e. The number of amides is 1. The molecule has 1 unspecified atom stereocenters. The average molecular weight is 551 g/mol. The zero-order valence-electron chi connectivity index (χ0n) is 25.1. The second-order valence-electron chi connectivity index (χ2n) is 11.5. The van der Waals surface area contributed by atoms with Gasteiger partial charge in [0.25, 0.3) is 5.91 Å². The molecule has 0 spiro atoms. The minimum Gasteiger partial charge on any atom is -0.504 e. The fourth-order valence-electron chi connectivity index (χ4n) is 5.08. The van der Waals surface area contributed by atoms with Gasteiger partial charge in [-0.1, -0.05) is 53.4 Å². The highest BCUT2D eigenvalue weighted by Crippen LogP contribution is 2.43. The number of aromatic hydroxyl groups is 1. The summed E-state index contributed by atoms with van der Waals surface area (Å²) in [5, 5.41) is 11.0. The third kappa shape index (κ3) is 11.9. The van der Waals surface area contributed by atoms with Crippen LogP contribution < -0.4 is 15.2 Å². The van der Waals surface area contributed by atoms with Gasteiger partial charge in [0.1, 0.15) is 12.4 Å². The van der Waals surface area contributed by atoms with Gasteiger partial charge < -0.3 is 29.8 Å². The Hall–Kier alpha value is -2.03. The lowest BCUT2D eigenvalue weighted by Crippen LogP contribution is -2.38. The van der Waals surface area contributed by atoms with Crippen molar-refractivity contribution in [2.24, 2.45) is 23.5 Å². The topological polar surface area (TPSA) is 103 Å². The molecule has 39 heavy (non-hydrogen) atoms. The molecule has 2 rings (SSSR count). The number of methoxy groups -OCH3 is 1. The van der Waals surface area contributed by atoms with Crippen LogP contribution in [-0.2, 0) is 15.9 Å². The first kappa shape index (κ1) is 33.2. The predicted octanol–water partition coefficient (Wildman–Crippen LogP) is 5.43. The molecule has 1 atom stereocenters. The highest BCUT2D eigenvalue weighted by molar-refractivity contribution is 5.97. The number of benzene rings is 1. The molecule has 0 saturated carbocycles. The summed E-state index contributed by atoms with van der Waals surface area (Å²) in [5.74, 6) is 1.68. The number of carbonyl (C=O) groups is 1. The molecule has 0 radical (unpaired) electrons. The quantitative estimate of drug-likeness (QED) is 0.209. The fourth-order valence-corrected chi connectivity index (χ4v) is 5.08. The van der Waals surface area contributed by atoms with E-state index in [1.54, 1.807) is 7.11 Å². The average Bonchev–Trinajstić information content (AvgIpc) is 2.89. The molecule has 0 aliphatic carbocycles. The summed E-state index contributed by atoms with van der Waals surface area (Å²) in [6.45, 7) is 14.4. The first-order valence-electron chi connectivity index (χ1n) is 15.0. The van der Waals surface area contributed by atoms with Crippen molar-refractivity contribution in [3.63, 3.8) is 0 Å². The second kappa shape index (κ2) is 18.3. The third-order valence-electron chi connectivity index (χ3n) is 7.58. The molecule has 1 heterocycles. The van der Waals surface area contributed by atoms with Crippen molar-refractivity contribution < 1.29 is 28.8 Å². The summed E-state index contributed by atoms with van der Waals surface area (Å²) in [7, 11) is 1.68. The van der Waals surface area contributed by atoms with E-state index in [0.29, 0.717) is 49.6 Å². The number of hydrogen-bond acceptors (Lipinski definition) is 7. The fraction of sp³-hybridized carbons (Fsp3) is 0.774. The molecule has 1 aliphatic heterocycles. The van der Waals surface area contributed by atoms with E-state index in [0.717, 1.165) is 70.0 Å². The zero-order valence-corrected chi connectivity index (χ0v) is 25.1.